The monoisotopic (exact) mass is 325 g/mol. The molecular formula is C19H23N3O2. The lowest BCUT2D eigenvalue weighted by atomic mass is 9.74. The summed E-state index contributed by atoms with van der Waals surface area (Å²) in [7, 11) is 0. The zero-order chi connectivity index (χ0) is 16.7. The Balaban J connectivity index is 1.33. The van der Waals surface area contributed by atoms with Crippen LogP contribution in [0, 0.1) is 19.3 Å². The molecule has 126 valence electrons. The molecule has 5 heteroatoms. The number of amides is 1. The summed E-state index contributed by atoms with van der Waals surface area (Å²) in [6.45, 7) is 6.98. The van der Waals surface area contributed by atoms with Crippen molar-refractivity contribution in [1.82, 2.24) is 14.7 Å². The predicted octanol–water partition coefficient (Wildman–Crippen LogP) is 2.35. The van der Waals surface area contributed by atoms with Crippen molar-refractivity contribution < 1.29 is 9.53 Å². The summed E-state index contributed by atoms with van der Waals surface area (Å²) in [6.07, 6.45) is 1.51. The van der Waals surface area contributed by atoms with Crippen molar-refractivity contribution in [1.29, 1.82) is 0 Å². The van der Waals surface area contributed by atoms with E-state index in [4.69, 9.17) is 4.74 Å². The number of aromatic nitrogens is 2. The van der Waals surface area contributed by atoms with Crippen LogP contribution in [0.25, 0.3) is 0 Å². The second-order valence-corrected chi connectivity index (χ2v) is 7.22. The summed E-state index contributed by atoms with van der Waals surface area (Å²) in [5.41, 5.74) is 3.49. The maximum absolute atomic E-state index is 12.4. The summed E-state index contributed by atoms with van der Waals surface area (Å²) in [5.74, 6) is 1.21. The van der Waals surface area contributed by atoms with E-state index in [1.807, 2.05) is 41.6 Å². The van der Waals surface area contributed by atoms with Gasteiger partial charge in [0, 0.05) is 37.2 Å². The third-order valence-electron chi connectivity index (χ3n) is 5.12. The van der Waals surface area contributed by atoms with Crippen molar-refractivity contribution in [3.05, 3.63) is 47.3 Å². The number of hydrogen-bond acceptors (Lipinski definition) is 3. The highest BCUT2D eigenvalue weighted by atomic mass is 16.5. The number of ether oxygens (including phenoxy) is 1. The number of aryl methyl sites for hydroxylation is 3. The fraction of sp³-hybridized carbons (Fsp3) is 0.474. The molecule has 1 aromatic heterocycles. The molecule has 0 saturated carbocycles. The lowest BCUT2D eigenvalue weighted by Crippen LogP contribution is -2.62. The van der Waals surface area contributed by atoms with Crippen LogP contribution in [0.15, 0.2) is 30.3 Å². The number of hydrogen-bond donors (Lipinski definition) is 0. The van der Waals surface area contributed by atoms with Crippen LogP contribution < -0.4 is 4.74 Å². The highest BCUT2D eigenvalue weighted by Crippen LogP contribution is 2.41. The molecule has 24 heavy (non-hydrogen) atoms. The summed E-state index contributed by atoms with van der Waals surface area (Å²) in [4.78, 5) is 14.4. The number of para-hydroxylation sites is 1. The van der Waals surface area contributed by atoms with E-state index in [-0.39, 0.29) is 11.3 Å². The minimum atomic E-state index is 0.113. The Morgan fingerprint density at radius 2 is 2.08 bits per heavy atom. The van der Waals surface area contributed by atoms with Gasteiger partial charge in [0.2, 0.25) is 5.91 Å². The SMILES string of the molecule is Cc1cc(C)n(CCC(=O)N2CC3(COc4ccccc4C3)C2)n1. The zero-order valence-corrected chi connectivity index (χ0v) is 14.3. The first-order valence-corrected chi connectivity index (χ1v) is 8.54. The molecule has 3 heterocycles. The first-order chi connectivity index (χ1) is 11.5. The molecule has 0 N–H and O–H groups in total. The van der Waals surface area contributed by atoms with Crippen molar-refractivity contribution >= 4 is 5.91 Å². The molecule has 2 aliphatic rings. The Kier molecular flexibility index (Phi) is 3.59. The number of benzene rings is 1. The highest BCUT2D eigenvalue weighted by molar-refractivity contribution is 5.77. The predicted molar refractivity (Wildman–Crippen MR) is 91.0 cm³/mol. The number of nitrogens with zero attached hydrogens (tertiary/aromatic N) is 3. The summed E-state index contributed by atoms with van der Waals surface area (Å²) in [6, 6.07) is 10.3. The van der Waals surface area contributed by atoms with E-state index in [1.54, 1.807) is 0 Å². The van der Waals surface area contributed by atoms with Gasteiger partial charge in [0.15, 0.2) is 0 Å². The van der Waals surface area contributed by atoms with Crippen LogP contribution in [0.4, 0.5) is 0 Å². The number of rotatable bonds is 3. The average Bonchev–Trinajstić information content (AvgIpc) is 2.87. The lowest BCUT2D eigenvalue weighted by molar-refractivity contribution is -0.146. The molecule has 1 saturated heterocycles. The van der Waals surface area contributed by atoms with E-state index in [9.17, 15) is 4.79 Å². The summed E-state index contributed by atoms with van der Waals surface area (Å²) >= 11 is 0. The van der Waals surface area contributed by atoms with E-state index < -0.39 is 0 Å². The largest absolute Gasteiger partial charge is 0.493 e. The normalized spacial score (nSPS) is 18.0. The first kappa shape index (κ1) is 15.2. The van der Waals surface area contributed by atoms with E-state index in [0.29, 0.717) is 19.6 Å². The molecule has 2 aromatic rings. The maximum Gasteiger partial charge on any atom is 0.224 e. The van der Waals surface area contributed by atoms with Gasteiger partial charge in [-0.2, -0.15) is 5.10 Å². The van der Waals surface area contributed by atoms with Gasteiger partial charge in [0.05, 0.1) is 12.3 Å². The van der Waals surface area contributed by atoms with E-state index in [2.05, 4.69) is 17.2 Å². The van der Waals surface area contributed by atoms with Gasteiger partial charge in [-0.1, -0.05) is 18.2 Å². The van der Waals surface area contributed by atoms with Crippen LogP contribution in [0.2, 0.25) is 0 Å². The second kappa shape index (κ2) is 5.65. The summed E-state index contributed by atoms with van der Waals surface area (Å²) < 4.78 is 7.82. The third-order valence-corrected chi connectivity index (χ3v) is 5.12. The van der Waals surface area contributed by atoms with Gasteiger partial charge in [-0.25, -0.2) is 0 Å². The van der Waals surface area contributed by atoms with Crippen molar-refractivity contribution in [2.45, 2.75) is 33.2 Å². The molecule has 4 rings (SSSR count). The van der Waals surface area contributed by atoms with Crippen LogP contribution in [0.5, 0.6) is 5.75 Å². The topological polar surface area (TPSA) is 47.4 Å². The third kappa shape index (κ3) is 2.68. The van der Waals surface area contributed by atoms with E-state index in [0.717, 1.165) is 36.6 Å². The average molecular weight is 325 g/mol. The Labute approximate surface area is 142 Å². The zero-order valence-electron chi connectivity index (χ0n) is 14.3. The molecule has 2 aliphatic heterocycles. The second-order valence-electron chi connectivity index (χ2n) is 7.22. The molecule has 1 amide bonds. The molecule has 0 bridgehead atoms. The smallest absolute Gasteiger partial charge is 0.224 e. The standard InChI is InChI=1S/C19H23N3O2/c1-14-9-15(2)22(20-14)8-7-18(23)21-11-19(12-21)10-16-5-3-4-6-17(16)24-13-19/h3-6,9H,7-8,10-13H2,1-2H3. The van der Waals surface area contributed by atoms with Crippen molar-refractivity contribution in [2.24, 2.45) is 5.41 Å². The minimum Gasteiger partial charge on any atom is -0.493 e. The molecule has 0 unspecified atom stereocenters. The molecule has 5 nitrogen and oxygen atoms in total. The fourth-order valence-electron chi connectivity index (χ4n) is 3.88. The number of carbonyl (C=O) groups excluding carboxylic acids is 1. The number of fused-ring (bicyclic) bond motifs is 1. The van der Waals surface area contributed by atoms with Gasteiger partial charge >= 0.3 is 0 Å². The minimum absolute atomic E-state index is 0.113. The quantitative estimate of drug-likeness (QED) is 0.870. The Morgan fingerprint density at radius 3 is 2.83 bits per heavy atom. The lowest BCUT2D eigenvalue weighted by Gasteiger charge is -2.52. The van der Waals surface area contributed by atoms with Gasteiger partial charge in [0.1, 0.15) is 5.75 Å². The van der Waals surface area contributed by atoms with Crippen LogP contribution in [-0.2, 0) is 17.8 Å². The Bertz CT molecular complexity index is 775. The maximum atomic E-state index is 12.4. The van der Waals surface area contributed by atoms with Crippen molar-refractivity contribution in [2.75, 3.05) is 19.7 Å². The molecule has 1 aromatic carbocycles. The van der Waals surface area contributed by atoms with Gasteiger partial charge in [-0.05, 0) is 38.0 Å². The van der Waals surface area contributed by atoms with Crippen molar-refractivity contribution in [3.8, 4) is 5.75 Å². The molecular weight excluding hydrogens is 302 g/mol. The van der Waals surface area contributed by atoms with Gasteiger partial charge < -0.3 is 9.64 Å². The molecule has 0 radical (unpaired) electrons. The van der Waals surface area contributed by atoms with Crippen LogP contribution >= 0.6 is 0 Å². The molecule has 1 spiro atoms. The Morgan fingerprint density at radius 1 is 1.29 bits per heavy atom. The van der Waals surface area contributed by atoms with Gasteiger partial charge in [-0.3, -0.25) is 9.48 Å². The van der Waals surface area contributed by atoms with Crippen LogP contribution in [0.1, 0.15) is 23.4 Å². The van der Waals surface area contributed by atoms with Crippen molar-refractivity contribution in [3.63, 3.8) is 0 Å². The Hall–Kier alpha value is -2.30. The molecule has 0 aliphatic carbocycles. The molecule has 1 fully saturated rings. The van der Waals surface area contributed by atoms with Gasteiger partial charge in [-0.15, -0.1) is 0 Å². The fourth-order valence-corrected chi connectivity index (χ4v) is 3.88. The number of likely N-dealkylation sites (tertiary alicyclic amines) is 1. The first-order valence-electron chi connectivity index (χ1n) is 8.54. The summed E-state index contributed by atoms with van der Waals surface area (Å²) in [5, 5.41) is 4.42. The van der Waals surface area contributed by atoms with Gasteiger partial charge in [0.25, 0.3) is 0 Å². The van der Waals surface area contributed by atoms with Crippen LogP contribution in [0.3, 0.4) is 0 Å². The molecule has 0 atom stereocenters. The van der Waals surface area contributed by atoms with E-state index in [1.165, 1.54) is 5.56 Å². The number of carbonyl (C=O) groups is 1. The van der Waals surface area contributed by atoms with E-state index >= 15 is 0 Å². The highest BCUT2D eigenvalue weighted by Gasteiger charge is 2.47. The van der Waals surface area contributed by atoms with Crippen LogP contribution in [-0.4, -0.2) is 40.3 Å².